The first-order valence-corrected chi connectivity index (χ1v) is 20.5. The molecule has 7 heavy (non-hydrogen) atoms. The second-order valence-electron chi connectivity index (χ2n) is 2.18. The Labute approximate surface area is 54.5 Å². The van der Waals surface area contributed by atoms with Crippen LogP contribution in [0.15, 0.2) is 0 Å². The molecule has 1 heterocycles. The van der Waals surface area contributed by atoms with Gasteiger partial charge in [-0.3, -0.25) is 0 Å². The van der Waals surface area contributed by atoms with E-state index < -0.39 is 0 Å². The average Bonchev–Trinajstić information content (AvgIpc) is 1.69. The summed E-state index contributed by atoms with van der Waals surface area (Å²) < 4.78 is 5.71. The molecule has 1 fully saturated rings. The van der Waals surface area contributed by atoms with E-state index in [1.54, 1.807) is 0 Å². The van der Waals surface area contributed by atoms with Crippen molar-refractivity contribution in [2.45, 2.75) is 6.55 Å². The first-order valence-electron chi connectivity index (χ1n) is 3.01. The number of rotatable bonds is 0. The highest BCUT2D eigenvalue weighted by Crippen LogP contribution is 1.83. The maximum atomic E-state index is 5.71. The monoisotopic (exact) mass is 180 g/mol. The fourth-order valence-electron chi connectivity index (χ4n) is 0.902. The van der Waals surface area contributed by atoms with Crippen molar-refractivity contribution < 1.29 is 4.12 Å². The van der Waals surface area contributed by atoms with Crippen LogP contribution >= 0.6 is 0 Å². The smallest absolute Gasteiger partial charge is 0.136 e. The summed E-state index contributed by atoms with van der Waals surface area (Å²) in [5.74, 6) is 0. The van der Waals surface area contributed by atoms with Crippen LogP contribution in [0, 0.1) is 0 Å². The van der Waals surface area contributed by atoms with Crippen molar-refractivity contribution in [3.05, 3.63) is 0 Å². The van der Waals surface area contributed by atoms with Gasteiger partial charge >= 0.3 is 0 Å². The van der Waals surface area contributed by atoms with Crippen molar-refractivity contribution >= 4 is 43.5 Å². The molecule has 1 rings (SSSR count). The second kappa shape index (κ2) is 3.15. The maximum Gasteiger partial charge on any atom is 0.136 e. The fourth-order valence-corrected chi connectivity index (χ4v) is 90.1. The van der Waals surface area contributed by atoms with Crippen LogP contribution in [0.2, 0.25) is 6.55 Å². The van der Waals surface area contributed by atoms with E-state index in [9.17, 15) is 0 Å². The van der Waals surface area contributed by atoms with Crippen molar-refractivity contribution in [1.29, 1.82) is 0 Å². The molecule has 1 aliphatic heterocycles. The molecule has 0 amide bonds. The van der Waals surface area contributed by atoms with Gasteiger partial charge in [-0.2, -0.15) is 0 Å². The van der Waals surface area contributed by atoms with Crippen LogP contribution < -0.4 is 0 Å². The van der Waals surface area contributed by atoms with Gasteiger partial charge in [-0.25, -0.2) is 0 Å². The van der Waals surface area contributed by atoms with Crippen molar-refractivity contribution in [3.8, 4) is 0 Å². The molecule has 0 aromatic rings. The zero-order valence-electron chi connectivity index (χ0n) is 4.81. The van der Waals surface area contributed by atoms with Gasteiger partial charge in [0.1, 0.15) is 17.8 Å². The molecule has 1 saturated heterocycles. The predicted octanol–water partition coefficient (Wildman–Crippen LogP) is -3.80. The minimum atomic E-state index is -0.297. The molecule has 0 radical (unpaired) electrons. The lowest BCUT2D eigenvalue weighted by molar-refractivity contribution is 0.653. The van der Waals surface area contributed by atoms with E-state index in [0.717, 1.165) is 8.55 Å². The molecule has 0 bridgehead atoms. The first kappa shape index (κ1) is 6.17. The minimum Gasteiger partial charge on any atom is -0.469 e. The molecule has 0 aromatic carbocycles. The summed E-state index contributed by atoms with van der Waals surface area (Å²) in [7, 11) is 1.91. The molecule has 1 unspecified atom stereocenters. The fraction of sp³-hybridized carbons (Fsp3) is 1.00. The van der Waals surface area contributed by atoms with Crippen molar-refractivity contribution in [1.82, 2.24) is 0 Å². The molecule has 42 valence electrons. The van der Waals surface area contributed by atoms with Crippen molar-refractivity contribution in [3.63, 3.8) is 0 Å². The normalized spacial score (nSPS) is 46.7. The molecule has 1 aliphatic rings. The van der Waals surface area contributed by atoms with E-state index in [1.165, 1.54) is 0 Å². The van der Waals surface area contributed by atoms with Gasteiger partial charge in [0, 0.05) is 17.1 Å². The molecular weight excluding hydrogens is 168 g/mol. The third-order valence-electron chi connectivity index (χ3n) is 1.41. The minimum absolute atomic E-state index is 0.258. The standard InChI is InChI=1S/CH12OSi5/c1-7-2-3-4-5-6-7/h7H,3-6H2,1H3. The molecule has 0 spiro atoms. The Morgan fingerprint density at radius 3 is 2.57 bits per heavy atom. The highest BCUT2D eigenvalue weighted by molar-refractivity contribution is 7.57. The second-order valence-corrected chi connectivity index (χ2v) is 36.1. The Bertz CT molecular complexity index is 50.0. The molecule has 0 saturated carbocycles. The van der Waals surface area contributed by atoms with Crippen molar-refractivity contribution in [2.75, 3.05) is 0 Å². The van der Waals surface area contributed by atoms with E-state index in [0.29, 0.717) is 17.1 Å². The Hall–Kier alpha value is 1.04. The van der Waals surface area contributed by atoms with Gasteiger partial charge in [-0.15, -0.1) is 0 Å². The molecule has 0 aromatic heterocycles. The van der Waals surface area contributed by atoms with Crippen LogP contribution in [-0.2, 0) is 4.12 Å². The van der Waals surface area contributed by atoms with Gasteiger partial charge in [-0.1, -0.05) is 6.55 Å². The lowest BCUT2D eigenvalue weighted by Gasteiger charge is -2.14. The topological polar surface area (TPSA) is 9.23 Å². The van der Waals surface area contributed by atoms with E-state index in [-0.39, 0.29) is 17.8 Å². The predicted molar refractivity (Wildman–Crippen MR) is 48.3 cm³/mol. The van der Waals surface area contributed by atoms with E-state index in [4.69, 9.17) is 4.12 Å². The zero-order chi connectivity index (χ0) is 5.11. The van der Waals surface area contributed by atoms with Gasteiger partial charge in [-0.05, 0) is 8.55 Å². The van der Waals surface area contributed by atoms with Gasteiger partial charge in [0.2, 0.25) is 0 Å². The Morgan fingerprint density at radius 1 is 1.43 bits per heavy atom. The summed E-state index contributed by atoms with van der Waals surface area (Å²) in [4.78, 5) is 0. The van der Waals surface area contributed by atoms with Crippen LogP contribution in [-0.4, -0.2) is 43.5 Å². The summed E-state index contributed by atoms with van der Waals surface area (Å²) >= 11 is 0. The van der Waals surface area contributed by atoms with E-state index in [1.807, 2.05) is 0 Å². The van der Waals surface area contributed by atoms with Gasteiger partial charge < -0.3 is 4.12 Å². The van der Waals surface area contributed by atoms with Crippen LogP contribution in [0.5, 0.6) is 0 Å². The maximum absolute atomic E-state index is 5.71. The van der Waals surface area contributed by atoms with Crippen LogP contribution in [0.25, 0.3) is 0 Å². The third kappa shape index (κ3) is 2.19. The molecule has 1 atom stereocenters. The molecule has 1 nitrogen and oxygen atoms in total. The largest absolute Gasteiger partial charge is 0.469 e. The van der Waals surface area contributed by atoms with Gasteiger partial charge in [0.15, 0.2) is 0 Å². The summed E-state index contributed by atoms with van der Waals surface area (Å²) in [6, 6.07) is 0. The average molecular weight is 181 g/mol. The van der Waals surface area contributed by atoms with Gasteiger partial charge in [0.25, 0.3) is 0 Å². The summed E-state index contributed by atoms with van der Waals surface area (Å²) in [6.07, 6.45) is 0. The SMILES string of the molecule is C[SiH]1O[SiH2][SiH2][SiH2][SiH2]1. The summed E-state index contributed by atoms with van der Waals surface area (Å²) in [5.41, 5.74) is 0. The Balaban J connectivity index is 2.12. The highest BCUT2D eigenvalue weighted by Gasteiger charge is 2.09. The third-order valence-corrected chi connectivity index (χ3v) is 59.5. The lowest BCUT2D eigenvalue weighted by atomic mass is 11.9. The molecular formula is CH12OSi5. The summed E-state index contributed by atoms with van der Waals surface area (Å²) in [6.45, 7) is 2.43. The van der Waals surface area contributed by atoms with Gasteiger partial charge in [0.05, 0.1) is 0 Å². The first-order chi connectivity index (χ1) is 3.39. The molecule has 0 aliphatic carbocycles. The van der Waals surface area contributed by atoms with Crippen LogP contribution in [0.1, 0.15) is 0 Å². The van der Waals surface area contributed by atoms with Crippen LogP contribution in [0.4, 0.5) is 0 Å². The zero-order valence-corrected chi connectivity index (χ0v) is 11.6. The lowest BCUT2D eigenvalue weighted by Crippen LogP contribution is -2.41. The highest BCUT2D eigenvalue weighted by atomic mass is 29.9. The van der Waals surface area contributed by atoms with Crippen LogP contribution in [0.3, 0.4) is 0 Å². The number of hydrogen-bond acceptors (Lipinski definition) is 1. The Kier molecular flexibility index (Phi) is 2.77. The quantitative estimate of drug-likeness (QED) is 0.348. The molecule has 0 N–H and O–H groups in total. The summed E-state index contributed by atoms with van der Waals surface area (Å²) in [5, 5.41) is 0. The van der Waals surface area contributed by atoms with Crippen molar-refractivity contribution in [2.24, 2.45) is 0 Å². The molecule has 6 heteroatoms. The van der Waals surface area contributed by atoms with E-state index >= 15 is 0 Å². The number of hydrogen-bond donors (Lipinski definition) is 0. The van der Waals surface area contributed by atoms with E-state index in [2.05, 4.69) is 6.55 Å². The Morgan fingerprint density at radius 2 is 2.29 bits per heavy atom.